The van der Waals surface area contributed by atoms with Gasteiger partial charge in [0.15, 0.2) is 17.3 Å². The van der Waals surface area contributed by atoms with E-state index in [0.29, 0.717) is 28.2 Å². The number of hydrogen-bond acceptors (Lipinski definition) is 6. The second kappa shape index (κ2) is 9.76. The summed E-state index contributed by atoms with van der Waals surface area (Å²) in [5.41, 5.74) is 0.562. The van der Waals surface area contributed by atoms with Gasteiger partial charge in [-0.2, -0.15) is 5.10 Å². The number of rotatable bonds is 8. The minimum absolute atomic E-state index is 0.0415. The summed E-state index contributed by atoms with van der Waals surface area (Å²) in [5, 5.41) is 19.1. The van der Waals surface area contributed by atoms with Crippen LogP contribution in [0.25, 0.3) is 0 Å². The van der Waals surface area contributed by atoms with Crippen molar-refractivity contribution in [3.8, 4) is 5.75 Å². The first-order valence-electron chi connectivity index (χ1n) is 9.63. The predicted octanol–water partition coefficient (Wildman–Crippen LogP) is 5.57. The molecular weight excluding hydrogens is 471 g/mol. The number of carbonyl (C=O) groups is 1. The van der Waals surface area contributed by atoms with Crippen LogP contribution in [0, 0.1) is 10.1 Å². The maximum atomic E-state index is 12.5. The van der Waals surface area contributed by atoms with Crippen LogP contribution in [0.4, 0.5) is 11.5 Å². The summed E-state index contributed by atoms with van der Waals surface area (Å²) in [7, 11) is 0. The smallest absolute Gasteiger partial charge is 0.310 e. The molecule has 4 rings (SSSR count). The Morgan fingerprint density at radius 2 is 1.85 bits per heavy atom. The molecule has 2 heterocycles. The first-order chi connectivity index (χ1) is 15.9. The fraction of sp³-hybridized carbons (Fsp3) is 0.0909. The Morgan fingerprint density at radius 1 is 1.09 bits per heavy atom. The number of hydrogen-bond donors (Lipinski definition) is 1. The van der Waals surface area contributed by atoms with E-state index in [4.69, 9.17) is 32.4 Å². The third-order valence-electron chi connectivity index (χ3n) is 4.58. The molecule has 0 saturated heterocycles. The lowest BCUT2D eigenvalue weighted by Crippen LogP contribution is -2.12. The van der Waals surface area contributed by atoms with E-state index in [0.717, 1.165) is 5.56 Å². The first kappa shape index (κ1) is 22.4. The average Bonchev–Trinajstić information content (AvgIpc) is 3.45. The van der Waals surface area contributed by atoms with Gasteiger partial charge in [-0.05, 0) is 30.3 Å². The van der Waals surface area contributed by atoms with Crippen molar-refractivity contribution in [1.29, 1.82) is 0 Å². The highest BCUT2D eigenvalue weighted by atomic mass is 35.5. The number of nitro benzene ring substituents is 1. The monoisotopic (exact) mass is 486 g/mol. The van der Waals surface area contributed by atoms with Crippen molar-refractivity contribution in [1.82, 2.24) is 9.78 Å². The molecule has 0 radical (unpaired) electrons. The molecule has 0 saturated carbocycles. The normalized spacial score (nSPS) is 10.7. The molecule has 0 spiro atoms. The van der Waals surface area contributed by atoms with Gasteiger partial charge in [-0.1, -0.05) is 41.4 Å². The van der Waals surface area contributed by atoms with E-state index in [1.807, 2.05) is 0 Å². The number of anilines is 1. The molecule has 9 nitrogen and oxygen atoms in total. The number of halogens is 2. The highest BCUT2D eigenvalue weighted by molar-refractivity contribution is 6.35. The van der Waals surface area contributed by atoms with Crippen LogP contribution in [0.5, 0.6) is 5.75 Å². The minimum atomic E-state index is -0.533. The molecule has 0 aliphatic rings. The molecule has 0 aliphatic carbocycles. The summed E-state index contributed by atoms with van der Waals surface area (Å²) in [6.07, 6.45) is 1.68. The Balaban J connectivity index is 1.37. The van der Waals surface area contributed by atoms with Crippen molar-refractivity contribution in [2.75, 3.05) is 5.32 Å². The third-order valence-corrected chi connectivity index (χ3v) is 5.29. The van der Waals surface area contributed by atoms with Crippen molar-refractivity contribution in [3.05, 3.63) is 104 Å². The number of ether oxygens (including phenoxy) is 1. The number of para-hydroxylation sites is 2. The topological polar surface area (TPSA) is 112 Å². The highest BCUT2D eigenvalue weighted by Crippen LogP contribution is 2.27. The van der Waals surface area contributed by atoms with E-state index in [1.165, 1.54) is 18.2 Å². The molecule has 2 aromatic carbocycles. The lowest BCUT2D eigenvalue weighted by atomic mass is 10.2. The zero-order valence-electron chi connectivity index (χ0n) is 16.9. The van der Waals surface area contributed by atoms with Gasteiger partial charge >= 0.3 is 5.69 Å². The van der Waals surface area contributed by atoms with Gasteiger partial charge < -0.3 is 14.5 Å². The van der Waals surface area contributed by atoms with Gasteiger partial charge in [0.1, 0.15) is 12.4 Å². The first-order valence-corrected chi connectivity index (χ1v) is 10.4. The number of amides is 1. The van der Waals surface area contributed by atoms with Crippen LogP contribution in [-0.4, -0.2) is 20.6 Å². The molecule has 33 heavy (non-hydrogen) atoms. The standard InChI is InChI=1S/C22H16Cl2N4O5/c23-16-4-3-5-17(24)15(16)12-27-11-10-21(26-27)25-22(29)20-9-8-14(33-20)13-32-19-7-2-1-6-18(19)28(30)31/h1-11H,12-13H2,(H,25,26,29). The molecule has 168 valence electrons. The molecule has 0 bridgehead atoms. The lowest BCUT2D eigenvalue weighted by Gasteiger charge is -2.07. The van der Waals surface area contributed by atoms with E-state index in [1.54, 1.807) is 53.3 Å². The average molecular weight is 487 g/mol. The van der Waals surface area contributed by atoms with E-state index in [-0.39, 0.29) is 23.8 Å². The SMILES string of the molecule is O=C(Nc1ccn(Cc2c(Cl)cccc2Cl)n1)c1ccc(COc2ccccc2[N+](=O)[O-])o1. The molecule has 1 N–H and O–H groups in total. The Labute approximate surface area is 197 Å². The Bertz CT molecular complexity index is 1300. The van der Waals surface area contributed by atoms with E-state index >= 15 is 0 Å². The number of carbonyl (C=O) groups excluding carboxylic acids is 1. The Morgan fingerprint density at radius 3 is 2.61 bits per heavy atom. The van der Waals surface area contributed by atoms with Gasteiger partial charge in [0.05, 0.1) is 11.5 Å². The van der Waals surface area contributed by atoms with E-state index in [2.05, 4.69) is 10.4 Å². The predicted molar refractivity (Wildman–Crippen MR) is 122 cm³/mol. The zero-order chi connectivity index (χ0) is 23.4. The summed E-state index contributed by atoms with van der Waals surface area (Å²) in [4.78, 5) is 23.0. The van der Waals surface area contributed by atoms with Crippen LogP contribution in [0.1, 0.15) is 21.9 Å². The molecule has 4 aromatic rings. The third kappa shape index (κ3) is 5.33. The summed E-state index contributed by atoms with van der Waals surface area (Å²) < 4.78 is 12.6. The van der Waals surface area contributed by atoms with Gasteiger partial charge in [-0.25, -0.2) is 0 Å². The lowest BCUT2D eigenvalue weighted by molar-refractivity contribution is -0.386. The second-order valence-electron chi connectivity index (χ2n) is 6.83. The van der Waals surface area contributed by atoms with Gasteiger partial charge in [0.25, 0.3) is 5.91 Å². The zero-order valence-corrected chi connectivity index (χ0v) is 18.4. The van der Waals surface area contributed by atoms with Crippen LogP contribution in [0.15, 0.2) is 71.3 Å². The molecular formula is C22H16Cl2N4O5. The van der Waals surface area contributed by atoms with Crippen LogP contribution < -0.4 is 10.1 Å². The van der Waals surface area contributed by atoms with Gasteiger partial charge in [-0.3, -0.25) is 19.6 Å². The van der Waals surface area contributed by atoms with E-state index < -0.39 is 10.8 Å². The number of furan rings is 1. The van der Waals surface area contributed by atoms with Crippen LogP contribution >= 0.6 is 23.2 Å². The van der Waals surface area contributed by atoms with Crippen molar-refractivity contribution in [2.45, 2.75) is 13.2 Å². The number of benzene rings is 2. The van der Waals surface area contributed by atoms with Crippen molar-refractivity contribution < 1.29 is 18.9 Å². The number of nitro groups is 1. The Kier molecular flexibility index (Phi) is 6.62. The van der Waals surface area contributed by atoms with Gasteiger partial charge in [0, 0.05) is 33.9 Å². The van der Waals surface area contributed by atoms with Crippen molar-refractivity contribution in [3.63, 3.8) is 0 Å². The van der Waals surface area contributed by atoms with Crippen molar-refractivity contribution in [2.24, 2.45) is 0 Å². The second-order valence-corrected chi connectivity index (χ2v) is 7.65. The molecule has 0 unspecified atom stereocenters. The molecule has 0 atom stereocenters. The van der Waals surface area contributed by atoms with Gasteiger partial charge in [0.2, 0.25) is 0 Å². The summed E-state index contributed by atoms with van der Waals surface area (Å²) in [6.45, 7) is 0.258. The minimum Gasteiger partial charge on any atom is -0.479 e. The fourth-order valence-electron chi connectivity index (χ4n) is 3.00. The summed E-state index contributed by atoms with van der Waals surface area (Å²) >= 11 is 12.4. The van der Waals surface area contributed by atoms with Crippen LogP contribution in [0.2, 0.25) is 10.0 Å². The molecule has 1 amide bonds. The number of nitrogens with one attached hydrogen (secondary N) is 1. The summed E-state index contributed by atoms with van der Waals surface area (Å²) in [5.74, 6) is 0.288. The molecule has 2 aromatic heterocycles. The fourth-order valence-corrected chi connectivity index (χ4v) is 3.51. The maximum Gasteiger partial charge on any atom is 0.310 e. The van der Waals surface area contributed by atoms with Crippen molar-refractivity contribution >= 4 is 40.6 Å². The van der Waals surface area contributed by atoms with E-state index in [9.17, 15) is 14.9 Å². The largest absolute Gasteiger partial charge is 0.479 e. The maximum absolute atomic E-state index is 12.5. The van der Waals surface area contributed by atoms with Crippen LogP contribution in [0.3, 0.4) is 0 Å². The highest BCUT2D eigenvalue weighted by Gasteiger charge is 2.17. The van der Waals surface area contributed by atoms with Crippen LogP contribution in [-0.2, 0) is 13.2 Å². The number of nitrogens with zero attached hydrogens (tertiary/aromatic N) is 3. The van der Waals surface area contributed by atoms with Gasteiger partial charge in [-0.15, -0.1) is 0 Å². The summed E-state index contributed by atoms with van der Waals surface area (Å²) in [6, 6.07) is 15.9. The molecule has 0 fully saturated rings. The number of aromatic nitrogens is 2. The Hall–Kier alpha value is -3.82. The molecule has 0 aliphatic heterocycles. The molecule has 11 heteroatoms. The quantitative estimate of drug-likeness (QED) is 0.257.